The first-order valence-corrected chi connectivity index (χ1v) is 12.1. The first-order chi connectivity index (χ1) is 16.2. The predicted molar refractivity (Wildman–Crippen MR) is 121 cm³/mol. The zero-order valence-electron chi connectivity index (χ0n) is 19.5. The first kappa shape index (κ1) is 24.4. The Bertz CT molecular complexity index is 973. The highest BCUT2D eigenvalue weighted by molar-refractivity contribution is 5.88. The Morgan fingerprint density at radius 1 is 1.15 bits per heavy atom. The fourth-order valence-corrected chi connectivity index (χ4v) is 5.71. The number of alkyl halides is 3. The lowest BCUT2D eigenvalue weighted by atomic mass is 9.76. The third-order valence-corrected chi connectivity index (χ3v) is 7.61. The van der Waals surface area contributed by atoms with Crippen molar-refractivity contribution in [1.29, 1.82) is 5.26 Å². The highest BCUT2D eigenvalue weighted by Gasteiger charge is 2.50. The maximum absolute atomic E-state index is 13.4. The molecule has 0 aliphatic carbocycles. The molecule has 0 bridgehead atoms. The second kappa shape index (κ2) is 9.47. The lowest BCUT2D eigenvalue weighted by Crippen LogP contribution is -2.47. The molecule has 1 unspecified atom stereocenters. The Labute approximate surface area is 198 Å². The van der Waals surface area contributed by atoms with Crippen molar-refractivity contribution in [2.24, 2.45) is 5.41 Å². The number of benzene rings is 1. The van der Waals surface area contributed by atoms with Gasteiger partial charge in [-0.25, -0.2) is 0 Å². The Balaban J connectivity index is 1.50. The van der Waals surface area contributed by atoms with Crippen LogP contribution in [0.4, 0.5) is 18.9 Å². The maximum atomic E-state index is 13.4. The molecular weight excluding hydrogens is 445 g/mol. The van der Waals surface area contributed by atoms with Crippen molar-refractivity contribution < 1.29 is 22.8 Å². The maximum Gasteiger partial charge on any atom is 0.417 e. The molecule has 3 aliphatic heterocycles. The van der Waals surface area contributed by atoms with E-state index in [2.05, 4.69) is 0 Å². The van der Waals surface area contributed by atoms with Crippen molar-refractivity contribution in [1.82, 2.24) is 9.80 Å². The van der Waals surface area contributed by atoms with Crippen LogP contribution in [0, 0.1) is 16.7 Å². The van der Waals surface area contributed by atoms with Crippen LogP contribution in [0.2, 0.25) is 0 Å². The number of anilines is 1. The number of hydrogen-bond donors (Lipinski definition) is 0. The van der Waals surface area contributed by atoms with Gasteiger partial charge in [-0.2, -0.15) is 18.4 Å². The molecule has 3 saturated heterocycles. The minimum Gasteiger partial charge on any atom is -0.371 e. The molecule has 3 aliphatic rings. The van der Waals surface area contributed by atoms with E-state index in [1.807, 2.05) is 16.7 Å². The van der Waals surface area contributed by atoms with Gasteiger partial charge in [0.25, 0.3) is 0 Å². The number of carbonyl (C=O) groups is 2. The molecule has 2 amide bonds. The van der Waals surface area contributed by atoms with E-state index in [0.717, 1.165) is 38.4 Å². The normalized spacial score (nSPS) is 22.3. The van der Waals surface area contributed by atoms with E-state index >= 15 is 0 Å². The fourth-order valence-electron chi connectivity index (χ4n) is 5.71. The monoisotopic (exact) mass is 476 g/mol. The van der Waals surface area contributed by atoms with E-state index in [4.69, 9.17) is 5.26 Å². The molecule has 0 aromatic heterocycles. The molecule has 1 spiro atoms. The molecule has 4 rings (SSSR count). The van der Waals surface area contributed by atoms with Crippen LogP contribution in [0.3, 0.4) is 0 Å². The summed E-state index contributed by atoms with van der Waals surface area (Å²) in [4.78, 5) is 31.7. The Hall–Kier alpha value is -2.76. The number of carbonyl (C=O) groups excluding carboxylic acids is 2. The van der Waals surface area contributed by atoms with Gasteiger partial charge in [-0.1, -0.05) is 6.92 Å². The molecular formula is C25H31F3N4O2. The van der Waals surface area contributed by atoms with Crippen LogP contribution in [0.25, 0.3) is 0 Å². The lowest BCUT2D eigenvalue weighted by molar-refractivity contribution is -0.143. The van der Waals surface area contributed by atoms with Gasteiger partial charge in [0, 0.05) is 44.8 Å². The molecule has 6 nitrogen and oxygen atoms in total. The fraction of sp³-hybridized carbons (Fsp3) is 0.640. The molecule has 184 valence electrons. The van der Waals surface area contributed by atoms with Crippen molar-refractivity contribution in [3.05, 3.63) is 29.3 Å². The first-order valence-electron chi connectivity index (χ1n) is 12.1. The summed E-state index contributed by atoms with van der Waals surface area (Å²) >= 11 is 0. The number of hydrogen-bond acceptors (Lipinski definition) is 4. The summed E-state index contributed by atoms with van der Waals surface area (Å²) in [5.74, 6) is 0.0597. The molecule has 34 heavy (non-hydrogen) atoms. The van der Waals surface area contributed by atoms with E-state index in [1.54, 1.807) is 17.0 Å². The predicted octanol–water partition coefficient (Wildman–Crippen LogP) is 4.19. The number of piperidine rings is 1. The summed E-state index contributed by atoms with van der Waals surface area (Å²) in [5.41, 5.74) is -1.04. The second-order valence-electron chi connectivity index (χ2n) is 9.85. The standard InChI is InChI=1S/C25H31F3N4O2/c1-2-5-22(33)32-17-24(15-21(32)23(34)31-10-3-4-11-31)8-12-30(13-9-24)19-7-6-18(16-29)20(14-19)25(26,27)28/h6-7,14,21H,2-5,8-13,15,17H2,1H3. The van der Waals surface area contributed by atoms with Crippen LogP contribution >= 0.6 is 0 Å². The van der Waals surface area contributed by atoms with Gasteiger partial charge in [0.15, 0.2) is 0 Å². The second-order valence-corrected chi connectivity index (χ2v) is 9.85. The van der Waals surface area contributed by atoms with E-state index in [0.29, 0.717) is 51.0 Å². The number of rotatable bonds is 4. The topological polar surface area (TPSA) is 67.6 Å². The zero-order valence-corrected chi connectivity index (χ0v) is 19.5. The third kappa shape index (κ3) is 4.73. The molecule has 3 heterocycles. The van der Waals surface area contributed by atoms with Gasteiger partial charge < -0.3 is 14.7 Å². The minimum atomic E-state index is -4.59. The SMILES string of the molecule is CCCC(=O)N1CC2(CCN(c3ccc(C#N)c(C(F)(F)F)c3)CC2)CC1C(=O)N1CCCC1. The van der Waals surface area contributed by atoms with Crippen LogP contribution in [-0.2, 0) is 15.8 Å². The number of amides is 2. The van der Waals surface area contributed by atoms with Crippen LogP contribution in [0.5, 0.6) is 0 Å². The lowest BCUT2D eigenvalue weighted by Gasteiger charge is -2.40. The van der Waals surface area contributed by atoms with Gasteiger partial charge in [-0.05, 0) is 62.1 Å². The number of likely N-dealkylation sites (tertiary alicyclic amines) is 2. The van der Waals surface area contributed by atoms with Gasteiger partial charge >= 0.3 is 6.18 Å². The van der Waals surface area contributed by atoms with E-state index in [-0.39, 0.29) is 22.8 Å². The van der Waals surface area contributed by atoms with Crippen molar-refractivity contribution in [3.8, 4) is 6.07 Å². The average Bonchev–Trinajstić information content (AvgIpc) is 3.47. The Kier molecular flexibility index (Phi) is 6.79. The van der Waals surface area contributed by atoms with Gasteiger partial charge in [-0.15, -0.1) is 0 Å². The highest BCUT2D eigenvalue weighted by Crippen LogP contribution is 2.45. The number of nitrogens with zero attached hydrogens (tertiary/aromatic N) is 4. The van der Waals surface area contributed by atoms with E-state index in [1.165, 1.54) is 6.07 Å². The largest absolute Gasteiger partial charge is 0.417 e. The smallest absolute Gasteiger partial charge is 0.371 e. The molecule has 1 aromatic rings. The summed E-state index contributed by atoms with van der Waals surface area (Å²) in [7, 11) is 0. The van der Waals surface area contributed by atoms with Gasteiger partial charge in [0.1, 0.15) is 6.04 Å². The van der Waals surface area contributed by atoms with E-state index < -0.39 is 17.8 Å². The Morgan fingerprint density at radius 3 is 2.41 bits per heavy atom. The molecule has 1 atom stereocenters. The quantitative estimate of drug-likeness (QED) is 0.654. The van der Waals surface area contributed by atoms with Crippen LogP contribution in [0.1, 0.15) is 63.0 Å². The van der Waals surface area contributed by atoms with Crippen LogP contribution in [-0.4, -0.2) is 60.4 Å². The molecule has 9 heteroatoms. The summed E-state index contributed by atoms with van der Waals surface area (Å²) in [5, 5.41) is 9.05. The van der Waals surface area contributed by atoms with Crippen LogP contribution in [0.15, 0.2) is 18.2 Å². The zero-order chi connectivity index (χ0) is 24.5. The van der Waals surface area contributed by atoms with Crippen molar-refractivity contribution in [2.75, 3.05) is 37.6 Å². The molecule has 0 N–H and O–H groups in total. The molecule has 0 saturated carbocycles. The van der Waals surface area contributed by atoms with Crippen molar-refractivity contribution in [3.63, 3.8) is 0 Å². The average molecular weight is 477 g/mol. The van der Waals surface area contributed by atoms with E-state index in [9.17, 15) is 22.8 Å². The van der Waals surface area contributed by atoms with Crippen molar-refractivity contribution >= 4 is 17.5 Å². The van der Waals surface area contributed by atoms with Crippen molar-refractivity contribution in [2.45, 2.75) is 64.1 Å². The minimum absolute atomic E-state index is 0.0151. The summed E-state index contributed by atoms with van der Waals surface area (Å²) in [6.07, 6.45) is 0.554. The van der Waals surface area contributed by atoms with Gasteiger partial charge in [0.2, 0.25) is 11.8 Å². The summed E-state index contributed by atoms with van der Waals surface area (Å²) in [6, 6.07) is 5.04. The Morgan fingerprint density at radius 2 is 1.82 bits per heavy atom. The summed E-state index contributed by atoms with van der Waals surface area (Å²) < 4.78 is 40.2. The van der Waals surface area contributed by atoms with Gasteiger partial charge in [0.05, 0.1) is 17.2 Å². The number of halogens is 3. The highest BCUT2D eigenvalue weighted by atomic mass is 19.4. The summed E-state index contributed by atoms with van der Waals surface area (Å²) in [6.45, 7) is 5.06. The third-order valence-electron chi connectivity index (χ3n) is 7.61. The molecule has 0 radical (unpaired) electrons. The molecule has 3 fully saturated rings. The number of nitriles is 1. The molecule has 1 aromatic carbocycles. The van der Waals surface area contributed by atoms with Gasteiger partial charge in [-0.3, -0.25) is 9.59 Å². The van der Waals surface area contributed by atoms with Crippen LogP contribution < -0.4 is 4.90 Å².